The molecule has 2 N–H and O–H groups in total. The maximum absolute atomic E-state index is 11.3. The molecule has 2 nitrogen and oxygen atoms in total. The first kappa shape index (κ1) is 9.16. The molecule has 2 aromatic carbocycles. The van der Waals surface area contributed by atoms with Gasteiger partial charge < -0.3 is 5.73 Å². The molecule has 2 aromatic rings. The van der Waals surface area contributed by atoms with E-state index >= 15 is 0 Å². The molecule has 0 aliphatic heterocycles. The van der Waals surface area contributed by atoms with E-state index in [-0.39, 0.29) is 5.91 Å². The van der Waals surface area contributed by atoms with Gasteiger partial charge in [-0.3, -0.25) is 4.79 Å². The molecule has 0 bridgehead atoms. The van der Waals surface area contributed by atoms with Crippen LogP contribution in [0.4, 0.5) is 0 Å². The fourth-order valence-electron chi connectivity index (χ4n) is 2.19. The second-order valence-electron chi connectivity index (χ2n) is 3.86. The summed E-state index contributed by atoms with van der Waals surface area (Å²) in [5.74, 6) is -0.374. The van der Waals surface area contributed by atoms with Crippen LogP contribution in [0.5, 0.6) is 0 Å². The van der Waals surface area contributed by atoms with Crippen molar-refractivity contribution in [3.8, 4) is 11.1 Å². The lowest BCUT2D eigenvalue weighted by molar-refractivity contribution is 0.1000. The number of amides is 1. The maximum Gasteiger partial charge on any atom is 0.249 e. The fraction of sp³-hybridized carbons (Fsp3) is 0. The Morgan fingerprint density at radius 3 is 2.50 bits per heavy atom. The quantitative estimate of drug-likeness (QED) is 0.655. The number of fused-ring (bicyclic) bond motifs is 3. The minimum atomic E-state index is -0.374. The predicted molar refractivity (Wildman–Crippen MR) is 62.9 cm³/mol. The minimum Gasteiger partial charge on any atom is -0.366 e. The largest absolute Gasteiger partial charge is 0.366 e. The fourth-order valence-corrected chi connectivity index (χ4v) is 2.19. The Hall–Kier alpha value is -2.09. The normalized spacial score (nSPS) is 12.0. The molecule has 0 heterocycles. The van der Waals surface area contributed by atoms with Gasteiger partial charge in [0.2, 0.25) is 5.91 Å². The molecule has 2 heteroatoms. The van der Waals surface area contributed by atoms with Crippen LogP contribution in [0.3, 0.4) is 0 Å². The SMILES string of the molecule is NC(=O)c1cccc2c1[CH]c1ccccc1-2. The Morgan fingerprint density at radius 1 is 0.938 bits per heavy atom. The molecular formula is C14H10NO. The third-order valence-corrected chi connectivity index (χ3v) is 2.92. The van der Waals surface area contributed by atoms with Gasteiger partial charge in [0, 0.05) is 12.0 Å². The highest BCUT2D eigenvalue weighted by atomic mass is 16.1. The maximum atomic E-state index is 11.3. The van der Waals surface area contributed by atoms with E-state index < -0.39 is 0 Å². The molecule has 77 valence electrons. The second-order valence-corrected chi connectivity index (χ2v) is 3.86. The van der Waals surface area contributed by atoms with Gasteiger partial charge in [-0.2, -0.15) is 0 Å². The van der Waals surface area contributed by atoms with Crippen LogP contribution in [-0.2, 0) is 0 Å². The van der Waals surface area contributed by atoms with Crippen LogP contribution in [0.25, 0.3) is 11.1 Å². The van der Waals surface area contributed by atoms with Crippen LogP contribution in [0.1, 0.15) is 21.5 Å². The second kappa shape index (κ2) is 3.20. The molecule has 0 atom stereocenters. The summed E-state index contributed by atoms with van der Waals surface area (Å²) in [6.07, 6.45) is 2.02. The van der Waals surface area contributed by atoms with Crippen LogP contribution in [0, 0.1) is 6.42 Å². The van der Waals surface area contributed by atoms with E-state index in [2.05, 4.69) is 6.07 Å². The van der Waals surface area contributed by atoms with E-state index in [1.54, 1.807) is 6.07 Å². The first-order valence-electron chi connectivity index (χ1n) is 5.14. The monoisotopic (exact) mass is 208 g/mol. The lowest BCUT2D eigenvalue weighted by atomic mass is 10.0. The van der Waals surface area contributed by atoms with Crippen molar-refractivity contribution < 1.29 is 4.79 Å². The molecule has 0 saturated heterocycles. The zero-order valence-electron chi connectivity index (χ0n) is 8.60. The molecule has 0 unspecified atom stereocenters. The van der Waals surface area contributed by atoms with Crippen molar-refractivity contribution >= 4 is 5.91 Å². The highest BCUT2D eigenvalue weighted by molar-refractivity contribution is 5.99. The smallest absolute Gasteiger partial charge is 0.249 e. The average Bonchev–Trinajstić information content (AvgIpc) is 2.67. The van der Waals surface area contributed by atoms with Crippen molar-refractivity contribution in [3.05, 3.63) is 65.6 Å². The van der Waals surface area contributed by atoms with Crippen LogP contribution in [-0.4, -0.2) is 5.91 Å². The number of benzene rings is 2. The van der Waals surface area contributed by atoms with Crippen molar-refractivity contribution in [2.24, 2.45) is 5.73 Å². The Labute approximate surface area is 93.7 Å². The van der Waals surface area contributed by atoms with Crippen molar-refractivity contribution in [2.45, 2.75) is 0 Å². The Morgan fingerprint density at radius 2 is 1.69 bits per heavy atom. The number of nitrogens with two attached hydrogens (primary N) is 1. The lowest BCUT2D eigenvalue weighted by Gasteiger charge is -2.03. The van der Waals surface area contributed by atoms with E-state index in [0.717, 1.165) is 16.7 Å². The van der Waals surface area contributed by atoms with Crippen LogP contribution in [0.15, 0.2) is 42.5 Å². The highest BCUT2D eigenvalue weighted by Crippen LogP contribution is 2.39. The molecule has 0 spiro atoms. The van der Waals surface area contributed by atoms with Gasteiger partial charge in [0.15, 0.2) is 0 Å². The molecular weight excluding hydrogens is 198 g/mol. The summed E-state index contributed by atoms with van der Waals surface area (Å²) in [5, 5.41) is 0. The number of carbonyl (C=O) groups is 1. The van der Waals surface area contributed by atoms with E-state index in [0.29, 0.717) is 5.56 Å². The van der Waals surface area contributed by atoms with Crippen LogP contribution in [0.2, 0.25) is 0 Å². The topological polar surface area (TPSA) is 43.1 Å². The predicted octanol–water partition coefficient (Wildman–Crippen LogP) is 2.37. The minimum absolute atomic E-state index is 0.374. The molecule has 1 aliphatic carbocycles. The number of hydrogen-bond donors (Lipinski definition) is 1. The number of hydrogen-bond acceptors (Lipinski definition) is 1. The first-order chi connectivity index (χ1) is 7.77. The van der Waals surface area contributed by atoms with Gasteiger partial charge in [-0.1, -0.05) is 36.4 Å². The Kier molecular flexibility index (Phi) is 1.83. The third kappa shape index (κ3) is 1.16. The number of rotatable bonds is 1. The van der Waals surface area contributed by atoms with Crippen molar-refractivity contribution in [1.82, 2.24) is 0 Å². The summed E-state index contributed by atoms with van der Waals surface area (Å²) in [6, 6.07) is 13.7. The van der Waals surface area contributed by atoms with E-state index in [4.69, 9.17) is 5.73 Å². The molecule has 1 aliphatic rings. The van der Waals surface area contributed by atoms with Crippen molar-refractivity contribution in [3.63, 3.8) is 0 Å². The van der Waals surface area contributed by atoms with Gasteiger partial charge in [-0.25, -0.2) is 0 Å². The Bertz CT molecular complexity index is 587. The standard InChI is InChI=1S/C14H10NO/c15-14(16)12-7-3-6-11-10-5-2-1-4-9(10)8-13(11)12/h1-8H,(H2,15,16). The van der Waals surface area contributed by atoms with Gasteiger partial charge in [0.05, 0.1) is 0 Å². The summed E-state index contributed by atoms with van der Waals surface area (Å²) >= 11 is 0. The summed E-state index contributed by atoms with van der Waals surface area (Å²) in [4.78, 5) is 11.3. The van der Waals surface area contributed by atoms with Gasteiger partial charge in [-0.15, -0.1) is 0 Å². The van der Waals surface area contributed by atoms with Gasteiger partial charge in [-0.05, 0) is 28.3 Å². The molecule has 0 fully saturated rings. The molecule has 1 amide bonds. The van der Waals surface area contributed by atoms with Gasteiger partial charge in [0.25, 0.3) is 0 Å². The van der Waals surface area contributed by atoms with E-state index in [9.17, 15) is 4.79 Å². The lowest BCUT2D eigenvalue weighted by Crippen LogP contribution is -2.12. The van der Waals surface area contributed by atoms with E-state index in [1.165, 1.54) is 5.56 Å². The Balaban J connectivity index is 2.28. The highest BCUT2D eigenvalue weighted by Gasteiger charge is 2.22. The van der Waals surface area contributed by atoms with Gasteiger partial charge >= 0.3 is 0 Å². The molecule has 16 heavy (non-hydrogen) atoms. The molecule has 1 radical (unpaired) electrons. The zero-order valence-corrected chi connectivity index (χ0v) is 8.60. The summed E-state index contributed by atoms with van der Waals surface area (Å²) in [7, 11) is 0. The first-order valence-corrected chi connectivity index (χ1v) is 5.14. The zero-order chi connectivity index (χ0) is 11.1. The average molecular weight is 208 g/mol. The molecule has 0 saturated carbocycles. The number of primary amides is 1. The summed E-state index contributed by atoms with van der Waals surface area (Å²) in [5.41, 5.74) is 10.3. The number of carbonyl (C=O) groups excluding carboxylic acids is 1. The van der Waals surface area contributed by atoms with Gasteiger partial charge in [0.1, 0.15) is 0 Å². The van der Waals surface area contributed by atoms with Crippen molar-refractivity contribution in [1.29, 1.82) is 0 Å². The third-order valence-electron chi connectivity index (χ3n) is 2.92. The van der Waals surface area contributed by atoms with E-state index in [1.807, 2.05) is 36.8 Å². The van der Waals surface area contributed by atoms with Crippen LogP contribution < -0.4 is 5.73 Å². The van der Waals surface area contributed by atoms with Crippen molar-refractivity contribution in [2.75, 3.05) is 0 Å². The molecule has 3 rings (SSSR count). The summed E-state index contributed by atoms with van der Waals surface area (Å²) in [6.45, 7) is 0. The molecule has 0 aromatic heterocycles. The summed E-state index contributed by atoms with van der Waals surface area (Å²) < 4.78 is 0. The van der Waals surface area contributed by atoms with Crippen LogP contribution >= 0.6 is 0 Å².